The number of aliphatic hydroxyl groups is 2. The van der Waals surface area contributed by atoms with E-state index in [-0.39, 0.29) is 34.0 Å². The topological polar surface area (TPSA) is 139 Å². The third-order valence-electron chi connectivity index (χ3n) is 11.4. The second-order valence-corrected chi connectivity index (χ2v) is 19.6. The molecule has 1 aromatic rings. The first-order valence-corrected chi connectivity index (χ1v) is 21.9. The molecule has 2 unspecified atom stereocenters. The van der Waals surface area contributed by atoms with Gasteiger partial charge in [-0.05, 0) is 99.3 Å². The maximum atomic E-state index is 11.3. The summed E-state index contributed by atoms with van der Waals surface area (Å²) in [6.45, 7) is 21.5. The highest BCUT2D eigenvalue weighted by Gasteiger charge is 2.41. The van der Waals surface area contributed by atoms with Crippen molar-refractivity contribution in [3.05, 3.63) is 0 Å². The lowest BCUT2D eigenvalue weighted by Gasteiger charge is -2.47. The number of hydrogen-bond acceptors (Lipinski definition) is 10. The molecule has 10 heteroatoms. The summed E-state index contributed by atoms with van der Waals surface area (Å²) >= 11 is 0. The molecular weight excluding hydrogens is 661 g/mol. The van der Waals surface area contributed by atoms with Crippen LogP contribution in [0.5, 0.6) is 0 Å². The van der Waals surface area contributed by atoms with Crippen molar-refractivity contribution in [2.24, 2.45) is 11.8 Å². The lowest BCUT2D eigenvalue weighted by molar-refractivity contribution is 0.0340. The van der Waals surface area contributed by atoms with E-state index in [4.69, 9.17) is 9.97 Å². The van der Waals surface area contributed by atoms with Crippen molar-refractivity contribution in [1.29, 1.82) is 0 Å². The Kier molecular flexibility index (Phi) is 19.0. The molecule has 0 amide bonds. The van der Waals surface area contributed by atoms with Crippen LogP contribution in [0.3, 0.4) is 0 Å². The molecule has 2 fully saturated rings. The number of aliphatic hydroxyl groups excluding tert-OH is 2. The van der Waals surface area contributed by atoms with Crippen LogP contribution in [0.1, 0.15) is 191 Å². The molecule has 0 aromatic carbocycles. The van der Waals surface area contributed by atoms with E-state index < -0.39 is 12.2 Å². The average molecular weight is 745 g/mol. The third kappa shape index (κ3) is 18.6. The van der Waals surface area contributed by atoms with Crippen LogP contribution < -0.4 is 26.6 Å². The monoisotopic (exact) mass is 745 g/mol. The molecule has 2 saturated heterocycles. The fourth-order valence-corrected chi connectivity index (χ4v) is 9.56. The van der Waals surface area contributed by atoms with Gasteiger partial charge in [-0.15, -0.1) is 0 Å². The molecule has 3 rings (SSSR count). The van der Waals surface area contributed by atoms with Gasteiger partial charge in [0.25, 0.3) is 0 Å². The zero-order valence-corrected chi connectivity index (χ0v) is 35.8. The van der Waals surface area contributed by atoms with E-state index in [1.165, 1.54) is 96.3 Å². The summed E-state index contributed by atoms with van der Waals surface area (Å²) in [5, 5.41) is 40.1. The summed E-state index contributed by atoms with van der Waals surface area (Å²) in [6.07, 6.45) is 24.2. The molecule has 1 aromatic heterocycles. The highest BCUT2D eigenvalue weighted by atomic mass is 16.3. The maximum Gasteiger partial charge on any atom is 0.229 e. The number of hydrogen-bond donors (Lipinski definition) is 7. The lowest BCUT2D eigenvalue weighted by Crippen LogP contribution is -2.59. The van der Waals surface area contributed by atoms with Crippen LogP contribution in [0.4, 0.5) is 17.8 Å². The van der Waals surface area contributed by atoms with Crippen molar-refractivity contribution in [1.82, 2.24) is 25.6 Å². The molecule has 0 bridgehead atoms. The Morgan fingerprint density at radius 1 is 0.491 bits per heavy atom. The summed E-state index contributed by atoms with van der Waals surface area (Å²) in [6, 6.07) is 0. The van der Waals surface area contributed by atoms with Gasteiger partial charge < -0.3 is 36.8 Å². The third-order valence-corrected chi connectivity index (χ3v) is 11.4. The summed E-state index contributed by atoms with van der Waals surface area (Å²) in [4.78, 5) is 14.1. The van der Waals surface area contributed by atoms with Crippen molar-refractivity contribution in [2.75, 3.05) is 35.6 Å². The first-order valence-electron chi connectivity index (χ1n) is 21.9. The largest absolute Gasteiger partial charge is 0.391 e. The van der Waals surface area contributed by atoms with Crippen LogP contribution in [-0.2, 0) is 0 Å². The van der Waals surface area contributed by atoms with E-state index in [1.807, 2.05) is 0 Å². The smallest absolute Gasteiger partial charge is 0.229 e. The van der Waals surface area contributed by atoms with Crippen LogP contribution in [-0.4, -0.2) is 79.2 Å². The minimum Gasteiger partial charge on any atom is -0.391 e. The van der Waals surface area contributed by atoms with Gasteiger partial charge in [0, 0.05) is 41.8 Å². The quantitative estimate of drug-likeness (QED) is 0.0460. The highest BCUT2D eigenvalue weighted by Crippen LogP contribution is 2.36. The zero-order valence-electron chi connectivity index (χ0n) is 35.8. The van der Waals surface area contributed by atoms with Gasteiger partial charge in [-0.2, -0.15) is 15.0 Å². The number of anilines is 3. The van der Waals surface area contributed by atoms with Crippen molar-refractivity contribution in [2.45, 2.75) is 225 Å². The Balaban J connectivity index is 1.46. The van der Waals surface area contributed by atoms with Gasteiger partial charge >= 0.3 is 0 Å². The van der Waals surface area contributed by atoms with Gasteiger partial charge in [-0.25, -0.2) is 0 Å². The first-order chi connectivity index (χ1) is 25.0. The summed E-state index contributed by atoms with van der Waals surface area (Å²) in [5.41, 5.74) is -0.162. The average Bonchev–Trinajstić information content (AvgIpc) is 3.04. The van der Waals surface area contributed by atoms with E-state index in [9.17, 15) is 10.2 Å². The van der Waals surface area contributed by atoms with Gasteiger partial charge in [0.1, 0.15) is 0 Å². The molecule has 2 atom stereocenters. The minimum atomic E-state index is -0.529. The molecule has 2 aliphatic heterocycles. The molecule has 308 valence electrons. The van der Waals surface area contributed by atoms with E-state index in [1.54, 1.807) is 0 Å². The van der Waals surface area contributed by atoms with Gasteiger partial charge in [0.2, 0.25) is 17.8 Å². The number of nitrogens with zero attached hydrogens (tertiary/aromatic N) is 3. The molecule has 0 aliphatic carbocycles. The fourth-order valence-electron chi connectivity index (χ4n) is 9.56. The van der Waals surface area contributed by atoms with Crippen molar-refractivity contribution < 1.29 is 10.2 Å². The normalized spacial score (nSPS) is 20.9. The molecule has 0 saturated carbocycles. The molecule has 3 heterocycles. The van der Waals surface area contributed by atoms with Gasteiger partial charge in [0.15, 0.2) is 0 Å². The Labute approximate surface area is 325 Å². The van der Waals surface area contributed by atoms with Crippen LogP contribution in [0, 0.1) is 11.8 Å². The molecule has 0 spiro atoms. The van der Waals surface area contributed by atoms with E-state index in [0.29, 0.717) is 30.9 Å². The second-order valence-electron chi connectivity index (χ2n) is 19.6. The van der Waals surface area contributed by atoms with Crippen LogP contribution in [0.15, 0.2) is 0 Å². The molecule has 2 aliphatic rings. The number of aromatic nitrogens is 3. The second kappa shape index (κ2) is 22.1. The Hall–Kier alpha value is -1.75. The van der Waals surface area contributed by atoms with Crippen LogP contribution in [0.2, 0.25) is 0 Å². The summed E-state index contributed by atoms with van der Waals surface area (Å²) in [7, 11) is 0. The van der Waals surface area contributed by atoms with Gasteiger partial charge in [-0.3, -0.25) is 0 Å². The van der Waals surface area contributed by atoms with E-state index >= 15 is 0 Å². The van der Waals surface area contributed by atoms with Gasteiger partial charge in [0.05, 0.1) is 12.2 Å². The molecular formula is C43H84N8O2. The van der Waals surface area contributed by atoms with E-state index in [0.717, 1.165) is 38.6 Å². The number of rotatable bonds is 26. The lowest BCUT2D eigenvalue weighted by atomic mass is 9.73. The SMILES string of the molecule is CCCCCCCCCCCCCCCCCCNc1nc(NCC(O)C2CC(C)(C)NC(C)(C)C2)nc(NCC(O)C2CC(C)(C)NC(C)(C)C2)n1. The molecule has 0 radical (unpaired) electrons. The maximum absolute atomic E-state index is 11.3. The van der Waals surface area contributed by atoms with E-state index in [2.05, 4.69) is 93.9 Å². The number of nitrogens with one attached hydrogen (secondary N) is 5. The van der Waals surface area contributed by atoms with Gasteiger partial charge in [-0.1, -0.05) is 103 Å². The summed E-state index contributed by atoms with van der Waals surface area (Å²) < 4.78 is 0. The molecule has 7 N–H and O–H groups in total. The van der Waals surface area contributed by atoms with Crippen molar-refractivity contribution in [3.8, 4) is 0 Å². The highest BCUT2D eigenvalue weighted by molar-refractivity contribution is 5.42. The minimum absolute atomic E-state index is 0.0406. The Bertz CT molecular complexity index is 1060. The van der Waals surface area contributed by atoms with Crippen molar-refractivity contribution in [3.63, 3.8) is 0 Å². The molecule has 53 heavy (non-hydrogen) atoms. The Morgan fingerprint density at radius 3 is 1.09 bits per heavy atom. The predicted octanol–water partition coefficient (Wildman–Crippen LogP) is 9.20. The zero-order chi connectivity index (χ0) is 39.0. The van der Waals surface area contributed by atoms with Crippen LogP contribution in [0.25, 0.3) is 0 Å². The molecule has 10 nitrogen and oxygen atoms in total. The van der Waals surface area contributed by atoms with Crippen LogP contribution >= 0.6 is 0 Å². The number of unbranched alkanes of at least 4 members (excludes halogenated alkanes) is 15. The fraction of sp³-hybridized carbons (Fsp3) is 0.930. The predicted molar refractivity (Wildman–Crippen MR) is 225 cm³/mol. The standard InChI is InChI=1S/C43H84N8O2/c1-10-11-12-13-14-15-16-17-18-19-20-21-22-23-24-25-26-44-37-47-38(45-31-35(52)33-27-40(2,3)50-41(4,5)28-33)49-39(48-37)46-32-36(53)34-29-42(6,7)51-43(8,9)30-34/h33-36,50-53H,10-32H2,1-9H3,(H3,44,45,46,47,48,49). The Morgan fingerprint density at radius 2 is 0.774 bits per heavy atom. The summed E-state index contributed by atoms with van der Waals surface area (Å²) in [5.74, 6) is 1.70. The number of piperidine rings is 2. The van der Waals surface area contributed by atoms with Crippen molar-refractivity contribution >= 4 is 17.8 Å². The first kappa shape index (κ1) is 45.6.